The van der Waals surface area contributed by atoms with Gasteiger partial charge in [-0.05, 0) is 42.8 Å². The van der Waals surface area contributed by atoms with Crippen LogP contribution in [-0.4, -0.2) is 17.7 Å². The molecule has 0 radical (unpaired) electrons. The van der Waals surface area contributed by atoms with Crippen molar-refractivity contribution in [1.82, 2.24) is 0 Å². The normalized spacial score (nSPS) is 11.0. The largest absolute Gasteiger partial charge is 0.497 e. The standard InChI is InChI=1S/C15H15N3O3/c1-11(12-7-9-13(21-2)10-8-12)16-17-14-5-3-4-6-15(14)18(19)20/h3-10,17H,1-2H3/b16-11-. The Labute approximate surface area is 122 Å². The van der Waals surface area contributed by atoms with E-state index in [9.17, 15) is 10.1 Å². The maximum Gasteiger partial charge on any atom is 0.294 e. The summed E-state index contributed by atoms with van der Waals surface area (Å²) in [5, 5.41) is 15.1. The number of nitro groups is 1. The molecule has 0 atom stereocenters. The average molecular weight is 285 g/mol. The number of nitrogens with one attached hydrogen (secondary N) is 1. The number of ether oxygens (including phenoxy) is 1. The molecule has 108 valence electrons. The van der Waals surface area contributed by atoms with E-state index >= 15 is 0 Å². The lowest BCUT2D eigenvalue weighted by Gasteiger charge is -2.05. The molecule has 0 saturated heterocycles. The van der Waals surface area contributed by atoms with Gasteiger partial charge in [0.1, 0.15) is 11.4 Å². The van der Waals surface area contributed by atoms with Gasteiger partial charge in [-0.2, -0.15) is 5.10 Å². The van der Waals surface area contributed by atoms with E-state index in [1.807, 2.05) is 31.2 Å². The SMILES string of the molecule is COc1ccc(/C(C)=N\Nc2ccccc2[N+](=O)[O-])cc1. The highest BCUT2D eigenvalue weighted by atomic mass is 16.6. The van der Waals surface area contributed by atoms with Gasteiger partial charge in [0.2, 0.25) is 0 Å². The molecule has 2 aromatic carbocycles. The third-order valence-corrected chi connectivity index (χ3v) is 2.95. The summed E-state index contributed by atoms with van der Waals surface area (Å²) >= 11 is 0. The van der Waals surface area contributed by atoms with Crippen LogP contribution in [0.25, 0.3) is 0 Å². The fourth-order valence-electron chi connectivity index (χ4n) is 1.77. The molecule has 2 aromatic rings. The van der Waals surface area contributed by atoms with Crippen molar-refractivity contribution in [3.05, 3.63) is 64.2 Å². The Morgan fingerprint density at radius 3 is 2.48 bits per heavy atom. The van der Waals surface area contributed by atoms with Crippen LogP contribution in [0.1, 0.15) is 12.5 Å². The Bertz CT molecular complexity index is 666. The molecule has 0 aliphatic heterocycles. The molecule has 0 aliphatic rings. The second kappa shape index (κ2) is 6.51. The molecule has 0 unspecified atom stereocenters. The summed E-state index contributed by atoms with van der Waals surface area (Å²) in [6, 6.07) is 13.8. The van der Waals surface area contributed by atoms with Gasteiger partial charge in [-0.1, -0.05) is 12.1 Å². The number of methoxy groups -OCH3 is 1. The van der Waals surface area contributed by atoms with Gasteiger partial charge in [-0.25, -0.2) is 0 Å². The van der Waals surface area contributed by atoms with Crippen LogP contribution in [-0.2, 0) is 0 Å². The van der Waals surface area contributed by atoms with E-state index in [0.717, 1.165) is 17.0 Å². The number of rotatable bonds is 5. The monoisotopic (exact) mass is 285 g/mol. The van der Waals surface area contributed by atoms with Gasteiger partial charge < -0.3 is 4.74 Å². The van der Waals surface area contributed by atoms with E-state index in [4.69, 9.17) is 4.74 Å². The summed E-state index contributed by atoms with van der Waals surface area (Å²) in [6.07, 6.45) is 0. The van der Waals surface area contributed by atoms with E-state index in [1.54, 1.807) is 25.3 Å². The summed E-state index contributed by atoms with van der Waals surface area (Å²) in [5.41, 5.74) is 4.71. The predicted molar refractivity (Wildman–Crippen MR) is 81.9 cm³/mol. The minimum atomic E-state index is -0.444. The number of benzene rings is 2. The zero-order valence-corrected chi connectivity index (χ0v) is 11.7. The van der Waals surface area contributed by atoms with Crippen LogP contribution in [0.3, 0.4) is 0 Å². The zero-order valence-electron chi connectivity index (χ0n) is 11.7. The van der Waals surface area contributed by atoms with Crippen LogP contribution in [0.15, 0.2) is 53.6 Å². The molecule has 0 fully saturated rings. The number of hydrazone groups is 1. The molecule has 2 rings (SSSR count). The molecular formula is C15H15N3O3. The van der Waals surface area contributed by atoms with E-state index in [1.165, 1.54) is 6.07 Å². The van der Waals surface area contributed by atoms with Crippen molar-refractivity contribution < 1.29 is 9.66 Å². The molecule has 6 nitrogen and oxygen atoms in total. The maximum atomic E-state index is 10.9. The Hall–Kier alpha value is -2.89. The van der Waals surface area contributed by atoms with Crippen molar-refractivity contribution in [3.63, 3.8) is 0 Å². The molecule has 1 N–H and O–H groups in total. The van der Waals surface area contributed by atoms with E-state index < -0.39 is 4.92 Å². The molecular weight excluding hydrogens is 270 g/mol. The molecule has 0 aromatic heterocycles. The lowest BCUT2D eigenvalue weighted by atomic mass is 10.1. The van der Waals surface area contributed by atoms with Gasteiger partial charge in [-0.15, -0.1) is 0 Å². The fraction of sp³-hybridized carbons (Fsp3) is 0.133. The number of nitro benzene ring substituents is 1. The molecule has 0 saturated carbocycles. The van der Waals surface area contributed by atoms with Gasteiger partial charge in [0.15, 0.2) is 0 Å². The molecule has 0 aliphatic carbocycles. The topological polar surface area (TPSA) is 76.8 Å². The van der Waals surface area contributed by atoms with Crippen molar-refractivity contribution in [2.45, 2.75) is 6.92 Å². The number of para-hydroxylation sites is 2. The Balaban J connectivity index is 2.18. The lowest BCUT2D eigenvalue weighted by Crippen LogP contribution is -2.01. The van der Waals surface area contributed by atoms with Crippen molar-refractivity contribution in [3.8, 4) is 5.75 Å². The third kappa shape index (κ3) is 3.56. The summed E-state index contributed by atoms with van der Waals surface area (Å²) < 4.78 is 5.09. The van der Waals surface area contributed by atoms with Crippen molar-refractivity contribution in [2.24, 2.45) is 5.10 Å². The minimum absolute atomic E-state index is 0.0104. The first-order valence-corrected chi connectivity index (χ1v) is 6.30. The highest BCUT2D eigenvalue weighted by Gasteiger charge is 2.11. The van der Waals surface area contributed by atoms with E-state index in [2.05, 4.69) is 10.5 Å². The van der Waals surface area contributed by atoms with Crippen LogP contribution in [0.2, 0.25) is 0 Å². The molecule has 0 bridgehead atoms. The lowest BCUT2D eigenvalue weighted by molar-refractivity contribution is -0.384. The highest BCUT2D eigenvalue weighted by molar-refractivity contribution is 5.99. The van der Waals surface area contributed by atoms with Gasteiger partial charge in [-0.3, -0.25) is 15.5 Å². The van der Waals surface area contributed by atoms with Crippen molar-refractivity contribution >= 4 is 17.1 Å². The van der Waals surface area contributed by atoms with E-state index in [-0.39, 0.29) is 5.69 Å². The molecule has 21 heavy (non-hydrogen) atoms. The third-order valence-electron chi connectivity index (χ3n) is 2.95. The summed E-state index contributed by atoms with van der Waals surface area (Å²) in [6.45, 7) is 1.82. The number of hydrogen-bond acceptors (Lipinski definition) is 5. The number of anilines is 1. The first kappa shape index (κ1) is 14.5. The average Bonchev–Trinajstić information content (AvgIpc) is 2.52. The van der Waals surface area contributed by atoms with Crippen LogP contribution in [0.5, 0.6) is 5.75 Å². The Morgan fingerprint density at radius 1 is 1.19 bits per heavy atom. The van der Waals surface area contributed by atoms with Gasteiger partial charge in [0.25, 0.3) is 5.69 Å². The summed E-state index contributed by atoms with van der Waals surface area (Å²) in [7, 11) is 1.60. The number of nitrogens with zero attached hydrogens (tertiary/aromatic N) is 2. The van der Waals surface area contributed by atoms with Crippen LogP contribution in [0.4, 0.5) is 11.4 Å². The summed E-state index contributed by atoms with van der Waals surface area (Å²) in [5.74, 6) is 0.762. The maximum absolute atomic E-state index is 10.9. The Morgan fingerprint density at radius 2 is 1.86 bits per heavy atom. The van der Waals surface area contributed by atoms with Crippen molar-refractivity contribution in [1.29, 1.82) is 0 Å². The smallest absolute Gasteiger partial charge is 0.294 e. The highest BCUT2D eigenvalue weighted by Crippen LogP contribution is 2.23. The quantitative estimate of drug-likeness (QED) is 0.518. The first-order chi connectivity index (χ1) is 10.1. The van der Waals surface area contributed by atoms with E-state index in [0.29, 0.717) is 5.69 Å². The molecule has 0 spiro atoms. The van der Waals surface area contributed by atoms with Crippen LogP contribution >= 0.6 is 0 Å². The molecule has 0 heterocycles. The first-order valence-electron chi connectivity index (χ1n) is 6.30. The predicted octanol–water partition coefficient (Wildman–Crippen LogP) is 3.44. The van der Waals surface area contributed by atoms with Crippen LogP contribution < -0.4 is 10.2 Å². The Kier molecular flexibility index (Phi) is 4.50. The number of hydrogen-bond donors (Lipinski definition) is 1. The fourth-order valence-corrected chi connectivity index (χ4v) is 1.77. The molecule has 0 amide bonds. The van der Waals surface area contributed by atoms with Gasteiger partial charge >= 0.3 is 0 Å². The van der Waals surface area contributed by atoms with Crippen LogP contribution in [0, 0.1) is 10.1 Å². The van der Waals surface area contributed by atoms with Gasteiger partial charge in [0, 0.05) is 6.07 Å². The van der Waals surface area contributed by atoms with Crippen molar-refractivity contribution in [2.75, 3.05) is 12.5 Å². The van der Waals surface area contributed by atoms with Gasteiger partial charge in [0.05, 0.1) is 17.7 Å². The summed E-state index contributed by atoms with van der Waals surface area (Å²) in [4.78, 5) is 10.5. The minimum Gasteiger partial charge on any atom is -0.497 e. The second-order valence-electron chi connectivity index (χ2n) is 4.31. The second-order valence-corrected chi connectivity index (χ2v) is 4.31. The zero-order chi connectivity index (χ0) is 15.2. The molecule has 6 heteroatoms.